The molecule has 1 aliphatic heterocycles. The molecule has 0 saturated heterocycles. The lowest BCUT2D eigenvalue weighted by molar-refractivity contribution is 0.117. The zero-order valence-electron chi connectivity index (χ0n) is 9.00. The van der Waals surface area contributed by atoms with Crippen molar-refractivity contribution in [3.63, 3.8) is 0 Å². The van der Waals surface area contributed by atoms with Crippen molar-refractivity contribution in [3.05, 3.63) is 11.8 Å². The number of rotatable bonds is 6. The molecular formula is C11H21NO2. The highest BCUT2D eigenvalue weighted by atomic mass is 16.5. The Labute approximate surface area is 86.3 Å². The number of ether oxygens (including phenoxy) is 2. The average molecular weight is 199 g/mol. The van der Waals surface area contributed by atoms with Crippen LogP contribution in [0.2, 0.25) is 0 Å². The lowest BCUT2D eigenvalue weighted by Gasteiger charge is -2.20. The molecule has 3 nitrogen and oxygen atoms in total. The lowest BCUT2D eigenvalue weighted by atomic mass is 10.1. The molecule has 1 aliphatic rings. The largest absolute Gasteiger partial charge is 0.497 e. The number of hydrogen-bond donors (Lipinski definition) is 1. The first-order chi connectivity index (χ1) is 6.84. The van der Waals surface area contributed by atoms with E-state index in [-0.39, 0.29) is 6.04 Å². The number of hydrogen-bond acceptors (Lipinski definition) is 3. The van der Waals surface area contributed by atoms with Gasteiger partial charge in [0.1, 0.15) is 5.76 Å². The Balaban J connectivity index is 2.13. The third kappa shape index (κ3) is 4.11. The highest BCUT2D eigenvalue weighted by molar-refractivity contribution is 5.04. The summed E-state index contributed by atoms with van der Waals surface area (Å²) in [7, 11) is 0. The zero-order valence-corrected chi connectivity index (χ0v) is 9.00. The predicted octanol–water partition coefficient (Wildman–Crippen LogP) is 1.82. The molecule has 0 saturated carbocycles. The second-order valence-corrected chi connectivity index (χ2v) is 3.60. The van der Waals surface area contributed by atoms with Crippen LogP contribution in [-0.4, -0.2) is 25.9 Å². The molecule has 1 heterocycles. The van der Waals surface area contributed by atoms with Gasteiger partial charge in [-0.05, 0) is 31.8 Å². The monoisotopic (exact) mass is 199 g/mol. The number of allylic oxidation sites excluding steroid dienone is 1. The highest BCUT2D eigenvalue weighted by Gasteiger charge is 2.12. The van der Waals surface area contributed by atoms with E-state index >= 15 is 0 Å². The molecule has 0 aliphatic carbocycles. The Morgan fingerprint density at radius 1 is 1.57 bits per heavy atom. The standard InChI is InChI=1S/C11H21NO2/c1-2-7-13-9-6-10(12)11-5-3-4-8-14-11/h5,10H,2-4,6-9,12H2,1H3. The van der Waals surface area contributed by atoms with Crippen LogP contribution < -0.4 is 5.73 Å². The fraction of sp³-hybridized carbons (Fsp3) is 0.818. The summed E-state index contributed by atoms with van der Waals surface area (Å²) >= 11 is 0. The Bertz CT molecular complexity index is 180. The van der Waals surface area contributed by atoms with Gasteiger partial charge in [-0.3, -0.25) is 0 Å². The molecular weight excluding hydrogens is 178 g/mol. The molecule has 0 spiro atoms. The molecule has 2 N–H and O–H groups in total. The van der Waals surface area contributed by atoms with Crippen molar-refractivity contribution in [2.45, 2.75) is 38.6 Å². The summed E-state index contributed by atoms with van der Waals surface area (Å²) in [6, 6.07) is 0.0205. The van der Waals surface area contributed by atoms with E-state index in [4.69, 9.17) is 15.2 Å². The van der Waals surface area contributed by atoms with E-state index < -0.39 is 0 Å². The van der Waals surface area contributed by atoms with Crippen molar-refractivity contribution in [2.24, 2.45) is 5.73 Å². The van der Waals surface area contributed by atoms with Gasteiger partial charge in [-0.25, -0.2) is 0 Å². The summed E-state index contributed by atoms with van der Waals surface area (Å²) in [6.45, 7) is 4.48. The summed E-state index contributed by atoms with van der Waals surface area (Å²) in [5, 5.41) is 0. The predicted molar refractivity (Wildman–Crippen MR) is 57.0 cm³/mol. The SMILES string of the molecule is CCCOCCC(N)C1=CCCCO1. The second-order valence-electron chi connectivity index (χ2n) is 3.60. The zero-order chi connectivity index (χ0) is 10.2. The van der Waals surface area contributed by atoms with Crippen LogP contribution in [-0.2, 0) is 9.47 Å². The summed E-state index contributed by atoms with van der Waals surface area (Å²) in [5.41, 5.74) is 5.96. The van der Waals surface area contributed by atoms with E-state index in [0.29, 0.717) is 0 Å². The van der Waals surface area contributed by atoms with E-state index in [0.717, 1.165) is 51.3 Å². The Hall–Kier alpha value is -0.540. The first-order valence-corrected chi connectivity index (χ1v) is 5.50. The molecule has 1 rings (SSSR count). The van der Waals surface area contributed by atoms with Gasteiger partial charge >= 0.3 is 0 Å². The topological polar surface area (TPSA) is 44.5 Å². The summed E-state index contributed by atoms with van der Waals surface area (Å²) in [5.74, 6) is 0.955. The molecule has 0 aromatic carbocycles. The molecule has 0 aromatic rings. The van der Waals surface area contributed by atoms with Crippen molar-refractivity contribution in [2.75, 3.05) is 19.8 Å². The van der Waals surface area contributed by atoms with Gasteiger partial charge in [-0.15, -0.1) is 0 Å². The molecule has 1 unspecified atom stereocenters. The van der Waals surface area contributed by atoms with Gasteiger partial charge in [0.15, 0.2) is 0 Å². The van der Waals surface area contributed by atoms with Crippen LogP contribution >= 0.6 is 0 Å². The van der Waals surface area contributed by atoms with E-state index in [1.54, 1.807) is 0 Å². The maximum atomic E-state index is 5.96. The average Bonchev–Trinajstić information content (AvgIpc) is 2.25. The van der Waals surface area contributed by atoms with Gasteiger partial charge in [-0.1, -0.05) is 6.92 Å². The second kappa shape index (κ2) is 6.85. The molecule has 3 heteroatoms. The maximum Gasteiger partial charge on any atom is 0.109 e. The molecule has 0 aromatic heterocycles. The van der Waals surface area contributed by atoms with Gasteiger partial charge in [0.25, 0.3) is 0 Å². The fourth-order valence-corrected chi connectivity index (χ4v) is 1.43. The molecule has 14 heavy (non-hydrogen) atoms. The highest BCUT2D eigenvalue weighted by Crippen LogP contribution is 2.14. The van der Waals surface area contributed by atoms with Crippen LogP contribution in [0.5, 0.6) is 0 Å². The van der Waals surface area contributed by atoms with Crippen LogP contribution in [0.1, 0.15) is 32.6 Å². The van der Waals surface area contributed by atoms with Gasteiger partial charge in [0.05, 0.1) is 12.6 Å². The minimum atomic E-state index is 0.0205. The molecule has 0 fully saturated rings. The summed E-state index contributed by atoms with van der Waals surface area (Å²) in [6.07, 6.45) is 6.23. The van der Waals surface area contributed by atoms with E-state index in [1.807, 2.05) is 0 Å². The molecule has 0 amide bonds. The van der Waals surface area contributed by atoms with Gasteiger partial charge in [-0.2, -0.15) is 0 Å². The van der Waals surface area contributed by atoms with Crippen LogP contribution in [0.15, 0.2) is 11.8 Å². The van der Waals surface area contributed by atoms with Crippen LogP contribution in [0.3, 0.4) is 0 Å². The normalized spacial score (nSPS) is 18.6. The van der Waals surface area contributed by atoms with Gasteiger partial charge in [0.2, 0.25) is 0 Å². The van der Waals surface area contributed by atoms with E-state index in [9.17, 15) is 0 Å². The Morgan fingerprint density at radius 3 is 3.07 bits per heavy atom. The first-order valence-electron chi connectivity index (χ1n) is 5.50. The number of nitrogens with two attached hydrogens (primary N) is 1. The fourth-order valence-electron chi connectivity index (χ4n) is 1.43. The summed E-state index contributed by atoms with van der Waals surface area (Å²) < 4.78 is 10.9. The minimum absolute atomic E-state index is 0.0205. The van der Waals surface area contributed by atoms with Gasteiger partial charge < -0.3 is 15.2 Å². The van der Waals surface area contributed by atoms with Crippen molar-refractivity contribution in [1.29, 1.82) is 0 Å². The lowest BCUT2D eigenvalue weighted by Crippen LogP contribution is -2.27. The van der Waals surface area contributed by atoms with Gasteiger partial charge in [0, 0.05) is 13.2 Å². The molecule has 0 radical (unpaired) electrons. The summed E-state index contributed by atoms with van der Waals surface area (Å²) in [4.78, 5) is 0. The van der Waals surface area contributed by atoms with Crippen LogP contribution in [0.4, 0.5) is 0 Å². The van der Waals surface area contributed by atoms with Crippen LogP contribution in [0.25, 0.3) is 0 Å². The smallest absolute Gasteiger partial charge is 0.109 e. The van der Waals surface area contributed by atoms with Crippen molar-refractivity contribution >= 4 is 0 Å². The molecule has 1 atom stereocenters. The third-order valence-corrected chi connectivity index (χ3v) is 2.25. The maximum absolute atomic E-state index is 5.96. The Morgan fingerprint density at radius 2 is 2.43 bits per heavy atom. The van der Waals surface area contributed by atoms with Crippen molar-refractivity contribution < 1.29 is 9.47 Å². The van der Waals surface area contributed by atoms with Crippen molar-refractivity contribution in [3.8, 4) is 0 Å². The minimum Gasteiger partial charge on any atom is -0.497 e. The molecule has 82 valence electrons. The first kappa shape index (κ1) is 11.5. The Kier molecular flexibility index (Phi) is 5.64. The molecule has 0 bridgehead atoms. The van der Waals surface area contributed by atoms with Crippen LogP contribution in [0, 0.1) is 0 Å². The van der Waals surface area contributed by atoms with E-state index in [2.05, 4.69) is 13.0 Å². The van der Waals surface area contributed by atoms with Crippen molar-refractivity contribution in [1.82, 2.24) is 0 Å². The van der Waals surface area contributed by atoms with E-state index in [1.165, 1.54) is 0 Å². The quantitative estimate of drug-likeness (QED) is 0.664. The third-order valence-electron chi connectivity index (χ3n) is 2.25.